The summed E-state index contributed by atoms with van der Waals surface area (Å²) in [6, 6.07) is 18.1. The summed E-state index contributed by atoms with van der Waals surface area (Å²) >= 11 is 0. The van der Waals surface area contributed by atoms with Crippen molar-refractivity contribution in [1.82, 2.24) is 0 Å². The molecular formula is C33H40O5. The number of hydrogen-bond acceptors (Lipinski definition) is 5. The maximum atomic E-state index is 13.4. The third kappa shape index (κ3) is 3.20. The quantitative estimate of drug-likeness (QED) is 0.399. The molecule has 0 N–H and O–H groups in total. The van der Waals surface area contributed by atoms with Gasteiger partial charge in [-0.2, -0.15) is 0 Å². The van der Waals surface area contributed by atoms with Crippen molar-refractivity contribution in [1.29, 1.82) is 0 Å². The number of hydrogen-bond donors (Lipinski definition) is 0. The monoisotopic (exact) mass is 516 g/mol. The fourth-order valence-corrected chi connectivity index (χ4v) is 9.50. The molecule has 0 aromatic heterocycles. The number of carbonyl (C=O) groups excluding carboxylic acids is 2. The van der Waals surface area contributed by atoms with Gasteiger partial charge in [0.2, 0.25) is 0 Å². The summed E-state index contributed by atoms with van der Waals surface area (Å²) in [5, 5.41) is 0. The molecule has 0 radical (unpaired) electrons. The fraction of sp³-hybridized carbons (Fsp3) is 0.576. The molecule has 0 amide bonds. The molecule has 2 aromatic carbocycles. The summed E-state index contributed by atoms with van der Waals surface area (Å²) in [6.07, 6.45) is 2.07. The Balaban J connectivity index is 1.45. The lowest BCUT2D eigenvalue weighted by Gasteiger charge is -2.54. The van der Waals surface area contributed by atoms with Crippen molar-refractivity contribution in [3.05, 3.63) is 71.8 Å². The summed E-state index contributed by atoms with van der Waals surface area (Å²) in [4.78, 5) is 26.9. The van der Waals surface area contributed by atoms with Gasteiger partial charge in [0.25, 0.3) is 0 Å². The molecule has 2 aliphatic heterocycles. The van der Waals surface area contributed by atoms with Gasteiger partial charge in [-0.15, -0.1) is 0 Å². The molecule has 8 unspecified atom stereocenters. The zero-order valence-electron chi connectivity index (χ0n) is 23.4. The van der Waals surface area contributed by atoms with Crippen molar-refractivity contribution in [2.75, 3.05) is 0 Å². The summed E-state index contributed by atoms with van der Waals surface area (Å²) in [7, 11) is 0. The molecule has 2 aliphatic carbocycles. The van der Waals surface area contributed by atoms with Gasteiger partial charge in [0, 0.05) is 11.8 Å². The van der Waals surface area contributed by atoms with Crippen LogP contribution in [0.2, 0.25) is 0 Å². The van der Waals surface area contributed by atoms with Crippen LogP contribution in [0.3, 0.4) is 0 Å². The first-order valence-electron chi connectivity index (χ1n) is 14.2. The lowest BCUT2D eigenvalue weighted by Crippen LogP contribution is -2.64. The van der Waals surface area contributed by atoms with Crippen LogP contribution in [0.1, 0.15) is 81.5 Å². The molecule has 4 aliphatic rings. The normalized spacial score (nSPS) is 40.5. The maximum Gasteiger partial charge on any atom is 0.338 e. The van der Waals surface area contributed by atoms with Gasteiger partial charge in [-0.3, -0.25) is 0 Å². The van der Waals surface area contributed by atoms with E-state index in [1.54, 1.807) is 24.3 Å². The van der Waals surface area contributed by atoms with Crippen molar-refractivity contribution in [3.63, 3.8) is 0 Å². The van der Waals surface area contributed by atoms with E-state index in [0.29, 0.717) is 23.0 Å². The van der Waals surface area contributed by atoms with Gasteiger partial charge in [-0.05, 0) is 80.0 Å². The third-order valence-corrected chi connectivity index (χ3v) is 11.2. The van der Waals surface area contributed by atoms with Crippen LogP contribution in [0.4, 0.5) is 0 Å². The van der Waals surface area contributed by atoms with Gasteiger partial charge < -0.3 is 14.2 Å². The minimum atomic E-state index is -0.757. The highest BCUT2D eigenvalue weighted by molar-refractivity contribution is 5.90. The van der Waals surface area contributed by atoms with Crippen molar-refractivity contribution in [2.24, 2.45) is 34.5 Å². The first-order chi connectivity index (χ1) is 18.0. The van der Waals surface area contributed by atoms with Crippen molar-refractivity contribution in [2.45, 2.75) is 84.2 Å². The molecule has 8 atom stereocenters. The highest BCUT2D eigenvalue weighted by Gasteiger charge is 2.86. The number of esters is 2. The standard InChI is InChI=1S/C33H40O5/c1-20(2)32-17-18-33(19-32,21(3)4)25-24(32)30(5)26(36-28(34)22-13-9-7-10-14-22)27(31(25,6)38-30)37-29(35)23-15-11-8-12-16-23/h7-16,20-21,24-27H,17-19H2,1-6H3. The molecule has 38 heavy (non-hydrogen) atoms. The van der Waals surface area contributed by atoms with Crippen LogP contribution in [0.5, 0.6) is 0 Å². The zero-order chi connectivity index (χ0) is 27.1. The molecule has 5 nitrogen and oxygen atoms in total. The highest BCUT2D eigenvalue weighted by atomic mass is 16.7. The Hall–Kier alpha value is -2.66. The van der Waals surface area contributed by atoms with Gasteiger partial charge in [0.1, 0.15) is 11.2 Å². The van der Waals surface area contributed by atoms with Crippen LogP contribution in [0, 0.1) is 34.5 Å². The molecule has 4 bridgehead atoms. The zero-order valence-corrected chi connectivity index (χ0v) is 23.4. The lowest BCUT2D eigenvalue weighted by atomic mass is 9.50. The topological polar surface area (TPSA) is 61.8 Å². The molecule has 6 rings (SSSR count). The van der Waals surface area contributed by atoms with Gasteiger partial charge in [0.05, 0.1) is 11.1 Å². The lowest BCUT2D eigenvalue weighted by molar-refractivity contribution is -0.127. The number of benzene rings is 2. The Labute approximate surface area is 226 Å². The third-order valence-electron chi connectivity index (χ3n) is 11.2. The van der Waals surface area contributed by atoms with Crippen LogP contribution in [-0.2, 0) is 14.2 Å². The van der Waals surface area contributed by atoms with E-state index in [2.05, 4.69) is 41.5 Å². The maximum absolute atomic E-state index is 13.4. The van der Waals surface area contributed by atoms with Crippen molar-refractivity contribution in [3.8, 4) is 0 Å². The molecule has 2 saturated heterocycles. The van der Waals surface area contributed by atoms with E-state index in [9.17, 15) is 9.59 Å². The summed E-state index contributed by atoms with van der Waals surface area (Å²) in [6.45, 7) is 13.6. The van der Waals surface area contributed by atoms with E-state index in [4.69, 9.17) is 14.2 Å². The molecule has 5 heteroatoms. The van der Waals surface area contributed by atoms with Crippen molar-refractivity contribution < 1.29 is 23.8 Å². The van der Waals surface area contributed by atoms with E-state index in [0.717, 1.165) is 19.3 Å². The van der Waals surface area contributed by atoms with E-state index in [-0.39, 0.29) is 22.7 Å². The summed E-state index contributed by atoms with van der Waals surface area (Å²) in [5.74, 6) is 0.561. The molecule has 2 aromatic rings. The predicted molar refractivity (Wildman–Crippen MR) is 145 cm³/mol. The number of rotatable bonds is 6. The van der Waals surface area contributed by atoms with Gasteiger partial charge >= 0.3 is 11.9 Å². The Morgan fingerprint density at radius 2 is 1.08 bits per heavy atom. The second kappa shape index (κ2) is 8.42. The van der Waals surface area contributed by atoms with Crippen LogP contribution in [0.15, 0.2) is 60.7 Å². The molecule has 0 spiro atoms. The fourth-order valence-electron chi connectivity index (χ4n) is 9.50. The Morgan fingerprint density at radius 1 is 0.711 bits per heavy atom. The largest absolute Gasteiger partial charge is 0.452 e. The van der Waals surface area contributed by atoms with Gasteiger partial charge in [-0.25, -0.2) is 9.59 Å². The molecular weight excluding hydrogens is 476 g/mol. The minimum Gasteiger partial charge on any atom is -0.452 e. The number of fused-ring (bicyclic) bond motifs is 9. The number of carbonyl (C=O) groups is 2. The summed E-state index contributed by atoms with van der Waals surface area (Å²) < 4.78 is 19.8. The van der Waals surface area contributed by atoms with Gasteiger partial charge in [-0.1, -0.05) is 64.1 Å². The predicted octanol–water partition coefficient (Wildman–Crippen LogP) is 6.71. The van der Waals surface area contributed by atoms with E-state index in [1.165, 1.54) is 0 Å². The van der Waals surface area contributed by atoms with Crippen LogP contribution >= 0.6 is 0 Å². The Kier molecular flexibility index (Phi) is 5.67. The second-order valence-electron chi connectivity index (χ2n) is 13.3. The minimum absolute atomic E-state index is 0.104. The molecule has 202 valence electrons. The SMILES string of the molecule is CC(C)C12CCC(C(C)C)(C1)C1C2C2(C)OC1(C)C(OC(=O)c1ccccc1)C2OC(=O)c1ccccc1. The Bertz CT molecular complexity index is 1150. The van der Waals surface area contributed by atoms with Crippen LogP contribution in [-0.4, -0.2) is 35.3 Å². The highest BCUT2D eigenvalue weighted by Crippen LogP contribution is 2.82. The van der Waals surface area contributed by atoms with Gasteiger partial charge in [0.15, 0.2) is 12.2 Å². The Morgan fingerprint density at radius 3 is 1.42 bits per heavy atom. The average molecular weight is 517 g/mol. The molecule has 2 saturated carbocycles. The second-order valence-corrected chi connectivity index (χ2v) is 13.3. The number of ether oxygens (including phenoxy) is 3. The first-order valence-corrected chi connectivity index (χ1v) is 14.2. The smallest absolute Gasteiger partial charge is 0.338 e. The van der Waals surface area contributed by atoms with E-state index in [1.807, 2.05) is 36.4 Å². The van der Waals surface area contributed by atoms with E-state index >= 15 is 0 Å². The average Bonchev–Trinajstić information content (AvgIpc) is 3.59. The molecule has 2 heterocycles. The summed E-state index contributed by atoms with van der Waals surface area (Å²) in [5.41, 5.74) is -0.335. The van der Waals surface area contributed by atoms with Crippen LogP contribution in [0.25, 0.3) is 0 Å². The first kappa shape index (κ1) is 25.6. The van der Waals surface area contributed by atoms with Crippen LogP contribution < -0.4 is 0 Å². The molecule has 4 fully saturated rings. The van der Waals surface area contributed by atoms with Crippen molar-refractivity contribution >= 4 is 11.9 Å². The van der Waals surface area contributed by atoms with E-state index < -0.39 is 35.3 Å².